The highest BCUT2D eigenvalue weighted by Crippen LogP contribution is 2.38. The minimum atomic E-state index is -3.78. The standard InChI is InChI=1S/C14H12BrFN2O2S/c15-11-8-10(16)4-5-13(11)21(19,20)18-7-6-9-2-1-3-12(17)14(9)18/h1-5,8H,6-7,17H2. The van der Waals surface area contributed by atoms with Gasteiger partial charge < -0.3 is 5.73 Å². The first kappa shape index (κ1) is 14.3. The Bertz CT molecular complexity index is 824. The number of para-hydroxylation sites is 1. The van der Waals surface area contributed by atoms with Crippen LogP contribution in [0.3, 0.4) is 0 Å². The van der Waals surface area contributed by atoms with E-state index in [0.717, 1.165) is 17.7 Å². The van der Waals surface area contributed by atoms with E-state index in [1.54, 1.807) is 12.1 Å². The number of benzene rings is 2. The number of nitrogen functional groups attached to an aromatic ring is 1. The number of hydrogen-bond acceptors (Lipinski definition) is 3. The molecule has 0 spiro atoms. The zero-order valence-electron chi connectivity index (χ0n) is 10.9. The first-order chi connectivity index (χ1) is 9.91. The van der Waals surface area contributed by atoms with Crippen molar-refractivity contribution in [2.45, 2.75) is 11.3 Å². The molecule has 0 unspecified atom stereocenters. The van der Waals surface area contributed by atoms with Crippen LogP contribution in [0.1, 0.15) is 5.56 Å². The van der Waals surface area contributed by atoms with Gasteiger partial charge in [-0.3, -0.25) is 4.31 Å². The molecule has 0 fully saturated rings. The van der Waals surface area contributed by atoms with E-state index in [4.69, 9.17) is 5.73 Å². The molecule has 0 amide bonds. The maximum Gasteiger partial charge on any atom is 0.265 e. The highest BCUT2D eigenvalue weighted by molar-refractivity contribution is 9.10. The number of sulfonamides is 1. The smallest absolute Gasteiger partial charge is 0.265 e. The van der Waals surface area contributed by atoms with Crippen molar-refractivity contribution in [3.63, 3.8) is 0 Å². The summed E-state index contributed by atoms with van der Waals surface area (Å²) in [6, 6.07) is 8.86. The average Bonchev–Trinajstić information content (AvgIpc) is 2.84. The molecule has 2 aromatic carbocycles. The van der Waals surface area contributed by atoms with Crippen LogP contribution >= 0.6 is 15.9 Å². The number of nitrogens with zero attached hydrogens (tertiary/aromatic N) is 1. The number of nitrogens with two attached hydrogens (primary N) is 1. The Morgan fingerprint density at radius 1 is 1.24 bits per heavy atom. The maximum absolute atomic E-state index is 13.2. The molecule has 1 aliphatic heterocycles. The fourth-order valence-corrected chi connectivity index (χ4v) is 5.04. The van der Waals surface area contributed by atoms with Crippen LogP contribution in [0.25, 0.3) is 0 Å². The van der Waals surface area contributed by atoms with Crippen molar-refractivity contribution >= 4 is 37.3 Å². The van der Waals surface area contributed by atoms with E-state index in [2.05, 4.69) is 15.9 Å². The second-order valence-electron chi connectivity index (χ2n) is 4.76. The number of halogens is 2. The van der Waals surface area contributed by atoms with Gasteiger partial charge in [-0.1, -0.05) is 12.1 Å². The molecule has 0 atom stereocenters. The number of anilines is 2. The van der Waals surface area contributed by atoms with E-state index in [-0.39, 0.29) is 9.37 Å². The largest absolute Gasteiger partial charge is 0.397 e. The molecular formula is C14H12BrFN2O2S. The Morgan fingerprint density at radius 3 is 2.71 bits per heavy atom. The zero-order chi connectivity index (χ0) is 15.2. The molecule has 21 heavy (non-hydrogen) atoms. The van der Waals surface area contributed by atoms with Gasteiger partial charge in [-0.15, -0.1) is 0 Å². The van der Waals surface area contributed by atoms with E-state index in [1.165, 1.54) is 10.4 Å². The number of fused-ring (bicyclic) bond motifs is 1. The first-order valence-corrected chi connectivity index (χ1v) is 8.50. The topological polar surface area (TPSA) is 63.4 Å². The molecule has 2 N–H and O–H groups in total. The lowest BCUT2D eigenvalue weighted by molar-refractivity contribution is 0.590. The zero-order valence-corrected chi connectivity index (χ0v) is 13.3. The van der Waals surface area contributed by atoms with Crippen molar-refractivity contribution in [1.29, 1.82) is 0 Å². The Morgan fingerprint density at radius 2 is 2.00 bits per heavy atom. The third-order valence-corrected chi connectivity index (χ3v) is 6.22. The summed E-state index contributed by atoms with van der Waals surface area (Å²) in [6.07, 6.45) is 0.610. The number of hydrogen-bond donors (Lipinski definition) is 1. The van der Waals surface area contributed by atoms with Crippen LogP contribution in [0.2, 0.25) is 0 Å². The summed E-state index contributed by atoms with van der Waals surface area (Å²) in [6.45, 7) is 0.329. The van der Waals surface area contributed by atoms with Crippen LogP contribution in [-0.2, 0) is 16.4 Å². The van der Waals surface area contributed by atoms with E-state index in [9.17, 15) is 12.8 Å². The molecule has 0 radical (unpaired) electrons. The fraction of sp³-hybridized carbons (Fsp3) is 0.143. The van der Waals surface area contributed by atoms with Gasteiger partial charge in [-0.05, 0) is 52.2 Å². The van der Waals surface area contributed by atoms with Crippen LogP contribution in [0.15, 0.2) is 45.8 Å². The molecule has 2 aromatic rings. The summed E-state index contributed by atoms with van der Waals surface area (Å²) in [7, 11) is -3.78. The quantitative estimate of drug-likeness (QED) is 0.826. The van der Waals surface area contributed by atoms with E-state index >= 15 is 0 Å². The fourth-order valence-electron chi connectivity index (χ4n) is 2.49. The summed E-state index contributed by atoms with van der Waals surface area (Å²) in [5.41, 5.74) is 7.77. The molecule has 4 nitrogen and oxygen atoms in total. The van der Waals surface area contributed by atoms with Crippen LogP contribution in [0, 0.1) is 5.82 Å². The SMILES string of the molecule is Nc1cccc2c1N(S(=O)(=O)c1ccc(F)cc1Br)CC2. The van der Waals surface area contributed by atoms with Gasteiger partial charge in [-0.25, -0.2) is 12.8 Å². The molecule has 1 heterocycles. The van der Waals surface area contributed by atoms with Crippen LogP contribution < -0.4 is 10.0 Å². The molecule has 0 saturated heterocycles. The Labute approximate surface area is 130 Å². The van der Waals surface area contributed by atoms with Gasteiger partial charge in [-0.2, -0.15) is 0 Å². The lowest BCUT2D eigenvalue weighted by Crippen LogP contribution is -2.30. The van der Waals surface area contributed by atoms with Gasteiger partial charge in [0.15, 0.2) is 0 Å². The maximum atomic E-state index is 13.2. The molecule has 1 aliphatic rings. The molecule has 0 bridgehead atoms. The third kappa shape index (κ3) is 2.30. The summed E-state index contributed by atoms with van der Waals surface area (Å²) in [5, 5.41) is 0. The van der Waals surface area contributed by atoms with Crippen LogP contribution in [0.4, 0.5) is 15.8 Å². The summed E-state index contributed by atoms with van der Waals surface area (Å²) in [4.78, 5) is 0.0278. The van der Waals surface area contributed by atoms with E-state index in [0.29, 0.717) is 24.3 Å². The van der Waals surface area contributed by atoms with E-state index in [1.807, 2.05) is 6.07 Å². The number of rotatable bonds is 2. The Hall–Kier alpha value is -1.60. The van der Waals surface area contributed by atoms with Crippen LogP contribution in [-0.4, -0.2) is 15.0 Å². The average molecular weight is 371 g/mol. The monoisotopic (exact) mass is 370 g/mol. The molecule has 110 valence electrons. The Balaban J connectivity index is 2.14. The molecule has 0 saturated carbocycles. The highest BCUT2D eigenvalue weighted by Gasteiger charge is 2.33. The van der Waals surface area contributed by atoms with E-state index < -0.39 is 15.8 Å². The van der Waals surface area contributed by atoms with Gasteiger partial charge in [0.05, 0.1) is 11.4 Å². The van der Waals surface area contributed by atoms with Crippen LogP contribution in [0.5, 0.6) is 0 Å². The minimum Gasteiger partial charge on any atom is -0.397 e. The van der Waals surface area contributed by atoms with Gasteiger partial charge in [0.1, 0.15) is 10.7 Å². The van der Waals surface area contributed by atoms with Crippen molar-refractivity contribution in [3.8, 4) is 0 Å². The molecule has 7 heteroatoms. The summed E-state index contributed by atoms with van der Waals surface area (Å²) >= 11 is 3.11. The van der Waals surface area contributed by atoms with Gasteiger partial charge in [0.25, 0.3) is 10.0 Å². The highest BCUT2D eigenvalue weighted by atomic mass is 79.9. The molecular weight excluding hydrogens is 359 g/mol. The molecule has 3 rings (SSSR count). The Kier molecular flexibility index (Phi) is 3.41. The lowest BCUT2D eigenvalue weighted by atomic mass is 10.1. The predicted octanol–water partition coefficient (Wildman–Crippen LogP) is 2.92. The van der Waals surface area contributed by atoms with Gasteiger partial charge in [0, 0.05) is 11.0 Å². The van der Waals surface area contributed by atoms with Gasteiger partial charge in [0.2, 0.25) is 0 Å². The second kappa shape index (κ2) is 4.99. The second-order valence-corrected chi connectivity index (χ2v) is 7.44. The molecule has 0 aromatic heterocycles. The normalized spacial score (nSPS) is 14.3. The third-order valence-electron chi connectivity index (χ3n) is 3.45. The summed E-state index contributed by atoms with van der Waals surface area (Å²) < 4.78 is 40.2. The molecule has 0 aliphatic carbocycles. The van der Waals surface area contributed by atoms with Crippen molar-refractivity contribution in [2.75, 3.05) is 16.6 Å². The first-order valence-electron chi connectivity index (χ1n) is 6.26. The predicted molar refractivity (Wildman–Crippen MR) is 83.2 cm³/mol. The summed E-state index contributed by atoms with van der Waals surface area (Å²) in [5.74, 6) is -0.498. The van der Waals surface area contributed by atoms with Crippen molar-refractivity contribution in [2.24, 2.45) is 0 Å². The lowest BCUT2D eigenvalue weighted by Gasteiger charge is -2.21. The van der Waals surface area contributed by atoms with Crippen molar-refractivity contribution in [1.82, 2.24) is 0 Å². The minimum absolute atomic E-state index is 0.0278. The van der Waals surface area contributed by atoms with Crippen molar-refractivity contribution < 1.29 is 12.8 Å². The van der Waals surface area contributed by atoms with Crippen molar-refractivity contribution in [3.05, 3.63) is 52.3 Å². The van der Waals surface area contributed by atoms with Gasteiger partial charge >= 0.3 is 0 Å².